The quantitative estimate of drug-likeness (QED) is 0.620. The molecule has 0 aromatic carbocycles. The zero-order chi connectivity index (χ0) is 22.4. The fourth-order valence-electron chi connectivity index (χ4n) is 3.08. The van der Waals surface area contributed by atoms with E-state index in [4.69, 9.17) is 9.84 Å². The Hall–Kier alpha value is -3.77. The lowest BCUT2D eigenvalue weighted by Gasteiger charge is -2.39. The number of urea groups is 1. The predicted molar refractivity (Wildman–Crippen MR) is 109 cm³/mol. The van der Waals surface area contributed by atoms with Crippen LogP contribution in [0, 0.1) is 0 Å². The van der Waals surface area contributed by atoms with E-state index >= 15 is 0 Å². The van der Waals surface area contributed by atoms with Crippen LogP contribution in [-0.2, 0) is 0 Å². The molecule has 1 saturated heterocycles. The summed E-state index contributed by atoms with van der Waals surface area (Å²) in [4.78, 5) is 42.7. The van der Waals surface area contributed by atoms with Gasteiger partial charge in [0, 0.05) is 26.3 Å². The van der Waals surface area contributed by atoms with Gasteiger partial charge < -0.3 is 19.6 Å². The molecule has 3 N–H and O–H groups in total. The molecule has 2 aromatic rings. The summed E-state index contributed by atoms with van der Waals surface area (Å²) in [5.41, 5.74) is 0. The van der Waals surface area contributed by atoms with Gasteiger partial charge in [0.15, 0.2) is 5.82 Å². The Balaban J connectivity index is 1.66. The van der Waals surface area contributed by atoms with E-state index in [2.05, 4.69) is 30.6 Å². The number of nitrogens with zero attached hydrogens (tertiary/aromatic N) is 6. The molecular weight excluding hydrogens is 411 g/mol. The van der Waals surface area contributed by atoms with E-state index in [1.54, 1.807) is 4.90 Å². The molecule has 2 unspecified atom stereocenters. The van der Waals surface area contributed by atoms with Crippen molar-refractivity contribution in [3.8, 4) is 5.88 Å². The fraction of sp³-hybridized carbons (Fsp3) is 0.444. The minimum Gasteiger partial charge on any atom is -0.477 e. The Morgan fingerprint density at radius 3 is 2.77 bits per heavy atom. The third-order valence-electron chi connectivity index (χ3n) is 4.63. The number of hydrogen-bond donors (Lipinski definition) is 3. The number of carbonyl (C=O) groups excluding carboxylic acids is 1. The second kappa shape index (κ2) is 9.82. The minimum atomic E-state index is -1.25. The van der Waals surface area contributed by atoms with Crippen LogP contribution in [0.15, 0.2) is 24.7 Å². The SMILES string of the molecule is CCOc1cnc(NC(=O)N(C)C2CN(c3nccc(NC(=O)O)n3)CCC2F)cn1. The van der Waals surface area contributed by atoms with E-state index in [0.29, 0.717) is 19.0 Å². The zero-order valence-electron chi connectivity index (χ0n) is 17.0. The Labute approximate surface area is 177 Å². The van der Waals surface area contributed by atoms with Gasteiger partial charge in [0.2, 0.25) is 11.8 Å². The number of piperidine rings is 1. The van der Waals surface area contributed by atoms with Gasteiger partial charge in [0.05, 0.1) is 25.0 Å². The number of anilines is 3. The highest BCUT2D eigenvalue weighted by Crippen LogP contribution is 2.23. The number of likely N-dealkylation sites (N-methyl/N-ethyl adjacent to an activating group) is 1. The van der Waals surface area contributed by atoms with Gasteiger partial charge in [-0.3, -0.25) is 10.6 Å². The minimum absolute atomic E-state index is 0.108. The smallest absolute Gasteiger partial charge is 0.410 e. The average Bonchev–Trinajstić information content (AvgIpc) is 2.75. The molecule has 1 aliphatic rings. The van der Waals surface area contributed by atoms with Crippen molar-refractivity contribution >= 4 is 29.7 Å². The van der Waals surface area contributed by atoms with Crippen LogP contribution in [-0.4, -0.2) is 81.0 Å². The predicted octanol–water partition coefficient (Wildman–Crippen LogP) is 1.84. The van der Waals surface area contributed by atoms with E-state index in [1.165, 1.54) is 36.6 Å². The molecule has 31 heavy (non-hydrogen) atoms. The van der Waals surface area contributed by atoms with Gasteiger partial charge in [-0.2, -0.15) is 4.98 Å². The first-order valence-corrected chi connectivity index (χ1v) is 9.58. The Morgan fingerprint density at radius 2 is 2.10 bits per heavy atom. The van der Waals surface area contributed by atoms with Crippen molar-refractivity contribution in [3.63, 3.8) is 0 Å². The van der Waals surface area contributed by atoms with Gasteiger partial charge in [-0.15, -0.1) is 0 Å². The summed E-state index contributed by atoms with van der Waals surface area (Å²) in [6.07, 6.45) is 1.80. The number of nitrogens with one attached hydrogen (secondary N) is 2. The normalized spacial score (nSPS) is 18.2. The van der Waals surface area contributed by atoms with Crippen LogP contribution in [0.1, 0.15) is 13.3 Å². The number of halogens is 1. The second-order valence-corrected chi connectivity index (χ2v) is 6.70. The van der Waals surface area contributed by atoms with Crippen molar-refractivity contribution in [2.75, 3.05) is 42.3 Å². The van der Waals surface area contributed by atoms with Gasteiger partial charge in [-0.25, -0.2) is 28.9 Å². The number of carboxylic acid groups (broad SMARTS) is 1. The van der Waals surface area contributed by atoms with Crippen molar-refractivity contribution in [2.24, 2.45) is 0 Å². The van der Waals surface area contributed by atoms with Gasteiger partial charge in [0.25, 0.3) is 0 Å². The lowest BCUT2D eigenvalue weighted by Crippen LogP contribution is -2.55. The number of ether oxygens (including phenoxy) is 1. The molecule has 13 heteroatoms. The molecule has 0 bridgehead atoms. The summed E-state index contributed by atoms with van der Waals surface area (Å²) in [5, 5.41) is 13.6. The van der Waals surface area contributed by atoms with Crippen LogP contribution >= 0.6 is 0 Å². The first-order valence-electron chi connectivity index (χ1n) is 9.58. The van der Waals surface area contributed by atoms with Crippen LogP contribution in [0.25, 0.3) is 0 Å². The molecule has 1 fully saturated rings. The first-order chi connectivity index (χ1) is 14.9. The van der Waals surface area contributed by atoms with E-state index in [0.717, 1.165) is 0 Å². The van der Waals surface area contributed by atoms with Gasteiger partial charge in [-0.05, 0) is 19.4 Å². The number of alkyl halides is 1. The van der Waals surface area contributed by atoms with E-state index in [1.807, 2.05) is 6.92 Å². The Kier molecular flexibility index (Phi) is 6.95. The summed E-state index contributed by atoms with van der Waals surface area (Å²) in [6, 6.07) is 0.0910. The lowest BCUT2D eigenvalue weighted by molar-refractivity contribution is 0.133. The molecular formula is C18H23FN8O4. The maximum absolute atomic E-state index is 14.7. The zero-order valence-corrected chi connectivity index (χ0v) is 17.0. The highest BCUT2D eigenvalue weighted by atomic mass is 19.1. The van der Waals surface area contributed by atoms with Crippen molar-refractivity contribution in [3.05, 3.63) is 24.7 Å². The standard InChI is InChI=1S/C18H23FN8O4/c1-3-31-15-9-21-14(8-22-15)24-17(28)26(2)12-10-27(7-5-11(12)19)16-20-6-4-13(23-16)25-18(29)30/h4,6,8-9,11-12H,3,5,7,10H2,1-2H3,(H,29,30)(H,20,23,25)(H,21,24,28). The van der Waals surface area contributed by atoms with Crippen LogP contribution in [0.2, 0.25) is 0 Å². The molecule has 12 nitrogen and oxygen atoms in total. The third kappa shape index (κ3) is 5.65. The van der Waals surface area contributed by atoms with Gasteiger partial charge in [0.1, 0.15) is 12.0 Å². The van der Waals surface area contributed by atoms with E-state index in [9.17, 15) is 14.0 Å². The summed E-state index contributed by atoms with van der Waals surface area (Å²) in [7, 11) is 1.49. The largest absolute Gasteiger partial charge is 0.477 e. The number of amides is 3. The molecule has 0 saturated carbocycles. The molecule has 2 atom stereocenters. The number of rotatable bonds is 6. The van der Waals surface area contributed by atoms with Crippen molar-refractivity contribution in [1.29, 1.82) is 0 Å². The molecule has 166 valence electrons. The monoisotopic (exact) mass is 434 g/mol. The molecule has 2 aromatic heterocycles. The summed E-state index contributed by atoms with van der Waals surface area (Å²) < 4.78 is 19.9. The average molecular weight is 434 g/mol. The van der Waals surface area contributed by atoms with Crippen molar-refractivity contribution < 1.29 is 23.8 Å². The van der Waals surface area contributed by atoms with E-state index < -0.39 is 24.3 Å². The Bertz CT molecular complexity index is 916. The molecule has 3 heterocycles. The van der Waals surface area contributed by atoms with E-state index in [-0.39, 0.29) is 30.5 Å². The second-order valence-electron chi connectivity index (χ2n) is 6.70. The molecule has 0 aliphatic carbocycles. The topological polar surface area (TPSA) is 146 Å². The van der Waals surface area contributed by atoms with Gasteiger partial charge >= 0.3 is 12.1 Å². The van der Waals surface area contributed by atoms with Crippen LogP contribution < -0.4 is 20.3 Å². The fourth-order valence-corrected chi connectivity index (χ4v) is 3.08. The highest BCUT2D eigenvalue weighted by molar-refractivity contribution is 5.88. The molecule has 3 amide bonds. The summed E-state index contributed by atoms with van der Waals surface area (Å²) in [6.45, 7) is 2.72. The van der Waals surface area contributed by atoms with Crippen molar-refractivity contribution in [1.82, 2.24) is 24.8 Å². The summed E-state index contributed by atoms with van der Waals surface area (Å²) >= 11 is 0. The third-order valence-corrected chi connectivity index (χ3v) is 4.63. The van der Waals surface area contributed by atoms with Gasteiger partial charge in [-0.1, -0.05) is 0 Å². The molecule has 0 radical (unpaired) electrons. The van der Waals surface area contributed by atoms with Crippen molar-refractivity contribution in [2.45, 2.75) is 25.6 Å². The highest BCUT2D eigenvalue weighted by Gasteiger charge is 2.35. The molecule has 1 aliphatic heterocycles. The lowest BCUT2D eigenvalue weighted by atomic mass is 10.0. The van der Waals surface area contributed by atoms with Crippen LogP contribution in [0.4, 0.5) is 31.6 Å². The number of aromatic nitrogens is 4. The maximum Gasteiger partial charge on any atom is 0.410 e. The summed E-state index contributed by atoms with van der Waals surface area (Å²) in [5.74, 6) is 0.894. The van der Waals surface area contributed by atoms with Crippen LogP contribution in [0.5, 0.6) is 5.88 Å². The Morgan fingerprint density at radius 1 is 1.29 bits per heavy atom. The number of hydrogen-bond acceptors (Lipinski definition) is 8. The molecule has 0 spiro atoms. The maximum atomic E-state index is 14.7. The van der Waals surface area contributed by atoms with Crippen LogP contribution in [0.3, 0.4) is 0 Å². The molecule has 3 rings (SSSR count). The first kappa shape index (κ1) is 21.9. The number of carbonyl (C=O) groups is 2.